The van der Waals surface area contributed by atoms with Crippen LogP contribution in [-0.4, -0.2) is 0 Å². The summed E-state index contributed by atoms with van der Waals surface area (Å²) in [4.78, 5) is 0. The summed E-state index contributed by atoms with van der Waals surface area (Å²) in [6.07, 6.45) is 2.13. The lowest BCUT2D eigenvalue weighted by Crippen LogP contribution is -2.02. The van der Waals surface area contributed by atoms with E-state index in [2.05, 4.69) is 91.0 Å². The van der Waals surface area contributed by atoms with Crippen molar-refractivity contribution in [2.45, 2.75) is 18.8 Å². The summed E-state index contributed by atoms with van der Waals surface area (Å²) in [5, 5.41) is 0. The summed E-state index contributed by atoms with van der Waals surface area (Å²) in [6.45, 7) is 0. The molecule has 0 unspecified atom stereocenters. The van der Waals surface area contributed by atoms with Crippen molar-refractivity contribution >= 4 is 0 Å². The Kier molecular flexibility index (Phi) is 3.16. The molecule has 2 aliphatic carbocycles. The van der Waals surface area contributed by atoms with Crippen LogP contribution in [0.4, 0.5) is 0 Å². The first-order valence-electron chi connectivity index (χ1n) is 9.77. The minimum atomic E-state index is 0.458. The fourth-order valence-electron chi connectivity index (χ4n) is 5.04. The van der Waals surface area contributed by atoms with Gasteiger partial charge in [-0.2, -0.15) is 0 Å². The summed E-state index contributed by atoms with van der Waals surface area (Å²) in [5.74, 6) is 0.458. The first kappa shape index (κ1) is 15.0. The lowest BCUT2D eigenvalue weighted by Gasteiger charge is -2.15. The molecule has 0 N–H and O–H groups in total. The highest BCUT2D eigenvalue weighted by Crippen LogP contribution is 2.46. The van der Waals surface area contributed by atoms with Gasteiger partial charge < -0.3 is 0 Å². The summed E-state index contributed by atoms with van der Waals surface area (Å²) < 4.78 is 0. The molecule has 0 aromatic heterocycles. The maximum Gasteiger partial charge on any atom is 0.0142 e. The molecule has 0 spiro atoms. The van der Waals surface area contributed by atoms with Gasteiger partial charge in [0.2, 0.25) is 0 Å². The molecular weight excluding hydrogens is 324 g/mol. The third kappa shape index (κ3) is 2.23. The van der Waals surface area contributed by atoms with Crippen molar-refractivity contribution in [1.82, 2.24) is 0 Å². The van der Waals surface area contributed by atoms with Gasteiger partial charge in [-0.1, -0.05) is 91.0 Å². The lowest BCUT2D eigenvalue weighted by molar-refractivity contribution is 0.826. The largest absolute Gasteiger partial charge is 0.0619 e. The van der Waals surface area contributed by atoms with Crippen molar-refractivity contribution in [3.63, 3.8) is 0 Å². The lowest BCUT2D eigenvalue weighted by atomic mass is 9.89. The van der Waals surface area contributed by atoms with E-state index in [4.69, 9.17) is 0 Å². The molecule has 0 heteroatoms. The predicted molar refractivity (Wildman–Crippen MR) is 112 cm³/mol. The van der Waals surface area contributed by atoms with Gasteiger partial charge in [-0.25, -0.2) is 0 Å². The summed E-state index contributed by atoms with van der Waals surface area (Å²) >= 11 is 0. The third-order valence-electron chi connectivity index (χ3n) is 6.26. The van der Waals surface area contributed by atoms with Crippen LogP contribution in [0, 0.1) is 0 Å². The molecule has 6 rings (SSSR count). The Morgan fingerprint density at radius 2 is 1.15 bits per heavy atom. The van der Waals surface area contributed by atoms with E-state index in [9.17, 15) is 0 Å². The van der Waals surface area contributed by atoms with Crippen LogP contribution in [0.2, 0.25) is 0 Å². The smallest absolute Gasteiger partial charge is 0.0142 e. The number of benzene rings is 4. The Morgan fingerprint density at radius 1 is 0.556 bits per heavy atom. The molecule has 0 aliphatic heterocycles. The van der Waals surface area contributed by atoms with Gasteiger partial charge in [0, 0.05) is 5.92 Å². The second-order valence-corrected chi connectivity index (χ2v) is 7.76. The molecule has 0 fully saturated rings. The Hall–Kier alpha value is -3.12. The first-order valence-corrected chi connectivity index (χ1v) is 9.77. The summed E-state index contributed by atoms with van der Waals surface area (Å²) in [7, 11) is 0. The number of fused-ring (bicyclic) bond motifs is 6. The zero-order chi connectivity index (χ0) is 17.8. The second-order valence-electron chi connectivity index (χ2n) is 7.76. The molecule has 0 bridgehead atoms. The minimum Gasteiger partial charge on any atom is -0.0619 e. The quantitative estimate of drug-likeness (QED) is 0.338. The fraction of sp³-hybridized carbons (Fsp3) is 0.111. The van der Waals surface area contributed by atoms with Crippen LogP contribution in [0.5, 0.6) is 0 Å². The van der Waals surface area contributed by atoms with E-state index in [1.54, 1.807) is 0 Å². The monoisotopic (exact) mass is 344 g/mol. The van der Waals surface area contributed by atoms with Gasteiger partial charge >= 0.3 is 0 Å². The van der Waals surface area contributed by atoms with Crippen molar-refractivity contribution < 1.29 is 0 Å². The molecule has 27 heavy (non-hydrogen) atoms. The maximum absolute atomic E-state index is 2.44. The van der Waals surface area contributed by atoms with E-state index in [-0.39, 0.29) is 0 Å². The molecule has 0 atom stereocenters. The Bertz CT molecular complexity index is 1140. The molecule has 4 aromatic rings. The van der Waals surface area contributed by atoms with Crippen LogP contribution in [0.15, 0.2) is 91.0 Å². The van der Waals surface area contributed by atoms with Crippen molar-refractivity contribution in [3.05, 3.63) is 119 Å². The molecule has 128 valence electrons. The molecule has 0 amide bonds. The number of rotatable bonds is 2. The van der Waals surface area contributed by atoms with Gasteiger partial charge in [-0.3, -0.25) is 0 Å². The Morgan fingerprint density at radius 3 is 1.89 bits per heavy atom. The Labute approximate surface area is 160 Å². The molecule has 0 nitrogen and oxygen atoms in total. The molecular formula is C27H20. The van der Waals surface area contributed by atoms with Crippen LogP contribution in [0.25, 0.3) is 22.3 Å². The minimum absolute atomic E-state index is 0.458. The van der Waals surface area contributed by atoms with E-state index < -0.39 is 0 Å². The highest BCUT2D eigenvalue weighted by Gasteiger charge is 2.28. The number of hydrogen-bond acceptors (Lipinski definition) is 0. The molecule has 0 saturated carbocycles. The first-order chi connectivity index (χ1) is 13.4. The van der Waals surface area contributed by atoms with Gasteiger partial charge in [0.1, 0.15) is 0 Å². The average molecular weight is 344 g/mol. The number of hydrogen-bond donors (Lipinski definition) is 0. The van der Waals surface area contributed by atoms with Crippen molar-refractivity contribution in [2.24, 2.45) is 0 Å². The van der Waals surface area contributed by atoms with Crippen LogP contribution in [0.3, 0.4) is 0 Å². The molecule has 4 aromatic carbocycles. The van der Waals surface area contributed by atoms with Gasteiger partial charge in [-0.15, -0.1) is 0 Å². The van der Waals surface area contributed by atoms with Crippen molar-refractivity contribution in [2.75, 3.05) is 0 Å². The normalized spacial score (nSPS) is 13.8. The van der Waals surface area contributed by atoms with E-state index >= 15 is 0 Å². The third-order valence-corrected chi connectivity index (χ3v) is 6.26. The second kappa shape index (κ2) is 5.69. The molecule has 0 saturated heterocycles. The summed E-state index contributed by atoms with van der Waals surface area (Å²) in [6, 6.07) is 33.8. The van der Waals surface area contributed by atoms with Gasteiger partial charge in [0.15, 0.2) is 0 Å². The highest BCUT2D eigenvalue weighted by molar-refractivity contribution is 5.79. The van der Waals surface area contributed by atoms with E-state index in [1.165, 1.54) is 50.1 Å². The van der Waals surface area contributed by atoms with E-state index in [0.717, 1.165) is 12.8 Å². The van der Waals surface area contributed by atoms with E-state index in [0.29, 0.717) is 5.92 Å². The topological polar surface area (TPSA) is 0 Å². The average Bonchev–Trinajstić information content (AvgIpc) is 3.24. The molecule has 2 aliphatic rings. The standard InChI is InChI=1S/C27H20/c1-2-8-21-19(7-1)17-20-15-18(13-14-22(20)21)16-27-25-11-5-3-9-23(25)24-10-4-6-12-26(24)27/h1-15,27H,16-17H2. The fourth-order valence-corrected chi connectivity index (χ4v) is 5.04. The zero-order valence-electron chi connectivity index (χ0n) is 15.2. The summed E-state index contributed by atoms with van der Waals surface area (Å²) in [5.41, 5.74) is 13.0. The zero-order valence-corrected chi connectivity index (χ0v) is 15.2. The van der Waals surface area contributed by atoms with Crippen LogP contribution in [0.1, 0.15) is 33.7 Å². The predicted octanol–water partition coefficient (Wildman–Crippen LogP) is 6.61. The van der Waals surface area contributed by atoms with Crippen LogP contribution >= 0.6 is 0 Å². The van der Waals surface area contributed by atoms with Gasteiger partial charge in [0.25, 0.3) is 0 Å². The van der Waals surface area contributed by atoms with Gasteiger partial charge in [-0.05, 0) is 62.9 Å². The van der Waals surface area contributed by atoms with Crippen molar-refractivity contribution in [1.29, 1.82) is 0 Å². The SMILES string of the molecule is c1ccc2c(c1)Cc1cc(CC3c4ccccc4-c4ccccc43)ccc1-2. The maximum atomic E-state index is 2.44. The highest BCUT2D eigenvalue weighted by atomic mass is 14.3. The van der Waals surface area contributed by atoms with Crippen molar-refractivity contribution in [3.8, 4) is 22.3 Å². The van der Waals surface area contributed by atoms with Crippen LogP contribution in [-0.2, 0) is 12.8 Å². The van der Waals surface area contributed by atoms with Crippen LogP contribution < -0.4 is 0 Å². The van der Waals surface area contributed by atoms with E-state index in [1.807, 2.05) is 0 Å². The van der Waals surface area contributed by atoms with Gasteiger partial charge in [0.05, 0.1) is 0 Å². The molecule has 0 radical (unpaired) electrons. The molecule has 0 heterocycles. The Balaban J connectivity index is 1.40.